The number of hydrogen-bond donors (Lipinski definition) is 2. The van der Waals surface area contributed by atoms with Crippen molar-refractivity contribution < 1.29 is 9.53 Å². The Kier molecular flexibility index (Phi) is 7.15. The van der Waals surface area contributed by atoms with Gasteiger partial charge in [0.1, 0.15) is 5.75 Å². The molecule has 1 fully saturated rings. The Hall–Kier alpha value is -1.98. The van der Waals surface area contributed by atoms with Crippen molar-refractivity contribution in [2.45, 2.75) is 12.8 Å². The minimum atomic E-state index is -0.194. The highest BCUT2D eigenvalue weighted by Crippen LogP contribution is 2.25. The number of nitrogens with one attached hydrogen (secondary N) is 1. The smallest absolute Gasteiger partial charge is 0.251 e. The maximum atomic E-state index is 11.8. The van der Waals surface area contributed by atoms with Crippen molar-refractivity contribution >= 4 is 17.5 Å². The Bertz CT molecular complexity index is 596. The van der Waals surface area contributed by atoms with Crippen LogP contribution in [0.3, 0.4) is 0 Å². The number of benzene rings is 1. The molecule has 5 nitrogen and oxygen atoms in total. The van der Waals surface area contributed by atoms with Crippen molar-refractivity contribution in [1.82, 2.24) is 10.2 Å². The van der Waals surface area contributed by atoms with Crippen LogP contribution in [0.2, 0.25) is 5.02 Å². The highest BCUT2D eigenvalue weighted by molar-refractivity contribution is 6.32. The molecule has 0 atom stereocenters. The first-order valence-corrected chi connectivity index (χ1v) is 8.43. The highest BCUT2D eigenvalue weighted by Gasteiger charge is 2.21. The predicted molar refractivity (Wildman–Crippen MR) is 96.7 cm³/mol. The second-order valence-corrected chi connectivity index (χ2v) is 6.30. The minimum absolute atomic E-state index is 0.194. The third-order valence-electron chi connectivity index (χ3n) is 4.06. The zero-order valence-electron chi connectivity index (χ0n) is 13.7. The van der Waals surface area contributed by atoms with E-state index in [0.29, 0.717) is 29.7 Å². The molecule has 130 valence electrons. The van der Waals surface area contributed by atoms with Crippen LogP contribution >= 0.6 is 11.6 Å². The van der Waals surface area contributed by atoms with Gasteiger partial charge >= 0.3 is 0 Å². The van der Waals surface area contributed by atoms with E-state index in [-0.39, 0.29) is 5.91 Å². The zero-order valence-corrected chi connectivity index (χ0v) is 14.5. The van der Waals surface area contributed by atoms with Gasteiger partial charge in [-0.25, -0.2) is 0 Å². The van der Waals surface area contributed by atoms with Crippen molar-refractivity contribution in [2.24, 2.45) is 11.7 Å². The Balaban J connectivity index is 1.70. The molecule has 0 unspecified atom stereocenters. The Morgan fingerprint density at radius 2 is 2.12 bits per heavy atom. The number of rotatable bonds is 7. The van der Waals surface area contributed by atoms with Gasteiger partial charge in [-0.2, -0.15) is 0 Å². The van der Waals surface area contributed by atoms with E-state index in [1.54, 1.807) is 0 Å². The molecule has 24 heavy (non-hydrogen) atoms. The number of nitrogens with zero attached hydrogens (tertiary/aromatic N) is 1. The van der Waals surface area contributed by atoms with Gasteiger partial charge in [-0.3, -0.25) is 9.69 Å². The van der Waals surface area contributed by atoms with Crippen LogP contribution in [0, 0.1) is 5.92 Å². The fourth-order valence-electron chi connectivity index (χ4n) is 2.65. The average Bonchev–Trinajstić information content (AvgIpc) is 2.60. The number of carbonyl (C=O) groups excluding carboxylic acids is 1. The Morgan fingerprint density at radius 3 is 2.79 bits per heavy atom. The number of nitrogens with two attached hydrogens (primary N) is 1. The monoisotopic (exact) mass is 349 g/mol. The lowest BCUT2D eigenvalue weighted by atomic mass is 9.97. The summed E-state index contributed by atoms with van der Waals surface area (Å²) in [5.74, 6) is 1.04. The number of para-hydroxylation sites is 1. The molecule has 2 rings (SSSR count). The summed E-state index contributed by atoms with van der Waals surface area (Å²) in [4.78, 5) is 14.0. The van der Waals surface area contributed by atoms with Gasteiger partial charge in [0.2, 0.25) is 0 Å². The van der Waals surface area contributed by atoms with Crippen molar-refractivity contribution in [3.05, 3.63) is 53.8 Å². The van der Waals surface area contributed by atoms with E-state index in [2.05, 4.69) is 16.8 Å². The minimum Gasteiger partial charge on any atom is -0.492 e. The van der Waals surface area contributed by atoms with Crippen LogP contribution in [-0.2, 0) is 4.79 Å². The van der Waals surface area contributed by atoms with Gasteiger partial charge in [-0.1, -0.05) is 30.3 Å². The fourth-order valence-corrected chi connectivity index (χ4v) is 2.84. The van der Waals surface area contributed by atoms with E-state index < -0.39 is 0 Å². The molecule has 3 N–H and O–H groups in total. The Morgan fingerprint density at radius 1 is 1.42 bits per heavy atom. The number of halogens is 1. The molecule has 1 amide bonds. The number of likely N-dealkylation sites (tertiary alicyclic amines) is 1. The number of carbonyl (C=O) groups is 1. The summed E-state index contributed by atoms with van der Waals surface area (Å²) in [6.07, 6.45) is 4.76. The van der Waals surface area contributed by atoms with Crippen LogP contribution in [0.25, 0.3) is 0 Å². The maximum absolute atomic E-state index is 11.8. The first kappa shape index (κ1) is 18.4. The van der Waals surface area contributed by atoms with Crippen LogP contribution < -0.4 is 15.8 Å². The van der Waals surface area contributed by atoms with E-state index in [1.165, 1.54) is 12.4 Å². The molecular formula is C18H24ClN3O2. The second kappa shape index (κ2) is 9.35. The number of ether oxygens (including phenoxy) is 1. The van der Waals surface area contributed by atoms with Crippen LogP contribution in [-0.4, -0.2) is 37.0 Å². The van der Waals surface area contributed by atoms with Gasteiger partial charge in [0.25, 0.3) is 5.91 Å². The van der Waals surface area contributed by atoms with Gasteiger partial charge in [-0.05, 0) is 44.0 Å². The molecule has 1 heterocycles. The van der Waals surface area contributed by atoms with E-state index in [9.17, 15) is 4.79 Å². The normalized spacial score (nSPS) is 16.2. The summed E-state index contributed by atoms with van der Waals surface area (Å²) in [7, 11) is 0. The molecule has 1 saturated heterocycles. The van der Waals surface area contributed by atoms with Crippen LogP contribution in [0.1, 0.15) is 12.8 Å². The lowest BCUT2D eigenvalue weighted by molar-refractivity contribution is -0.116. The molecule has 0 saturated carbocycles. The number of piperidine rings is 1. The van der Waals surface area contributed by atoms with Gasteiger partial charge < -0.3 is 15.8 Å². The van der Waals surface area contributed by atoms with Crippen molar-refractivity contribution in [1.29, 1.82) is 0 Å². The van der Waals surface area contributed by atoms with Crippen LogP contribution in [0.5, 0.6) is 5.75 Å². The summed E-state index contributed by atoms with van der Waals surface area (Å²) < 4.78 is 5.82. The largest absolute Gasteiger partial charge is 0.492 e. The molecule has 0 radical (unpaired) electrons. The first-order valence-electron chi connectivity index (χ1n) is 8.05. The van der Waals surface area contributed by atoms with Crippen molar-refractivity contribution in [3.8, 4) is 5.75 Å². The molecule has 0 aliphatic carbocycles. The van der Waals surface area contributed by atoms with E-state index in [4.69, 9.17) is 22.1 Å². The Labute approximate surface area is 148 Å². The number of hydrogen-bond acceptors (Lipinski definition) is 4. The SMILES string of the molecule is C=C(CN1CCC(COc2ccccc2Cl)CC1)C(=O)N/C=C\N. The third kappa shape index (κ3) is 5.58. The van der Waals surface area contributed by atoms with Gasteiger partial charge in [0.05, 0.1) is 11.6 Å². The fraction of sp³-hybridized carbons (Fsp3) is 0.389. The molecule has 0 aromatic heterocycles. The highest BCUT2D eigenvalue weighted by atomic mass is 35.5. The molecular weight excluding hydrogens is 326 g/mol. The van der Waals surface area contributed by atoms with E-state index in [0.717, 1.165) is 31.7 Å². The molecule has 1 aliphatic rings. The summed E-state index contributed by atoms with van der Waals surface area (Å²) >= 11 is 6.09. The molecule has 1 aromatic rings. The molecule has 6 heteroatoms. The molecule has 0 bridgehead atoms. The summed E-state index contributed by atoms with van der Waals surface area (Å²) in [5.41, 5.74) is 5.74. The first-order chi connectivity index (χ1) is 11.6. The zero-order chi connectivity index (χ0) is 17.4. The quantitative estimate of drug-likeness (QED) is 0.742. The maximum Gasteiger partial charge on any atom is 0.251 e. The topological polar surface area (TPSA) is 67.6 Å². The molecule has 1 aromatic carbocycles. The number of amides is 1. The lowest BCUT2D eigenvalue weighted by Crippen LogP contribution is -2.38. The van der Waals surface area contributed by atoms with Crippen molar-refractivity contribution in [2.75, 3.05) is 26.2 Å². The van der Waals surface area contributed by atoms with Crippen LogP contribution in [0.4, 0.5) is 0 Å². The second-order valence-electron chi connectivity index (χ2n) is 5.90. The predicted octanol–water partition coefficient (Wildman–Crippen LogP) is 2.53. The summed E-state index contributed by atoms with van der Waals surface area (Å²) in [6.45, 7) is 6.93. The molecule has 0 spiro atoms. The van der Waals surface area contributed by atoms with E-state index in [1.807, 2.05) is 24.3 Å². The van der Waals surface area contributed by atoms with Crippen LogP contribution in [0.15, 0.2) is 48.8 Å². The summed E-state index contributed by atoms with van der Waals surface area (Å²) in [6, 6.07) is 7.52. The lowest BCUT2D eigenvalue weighted by Gasteiger charge is -2.32. The van der Waals surface area contributed by atoms with Gasteiger partial charge in [0, 0.05) is 24.5 Å². The average molecular weight is 350 g/mol. The standard InChI is InChI=1S/C18H24ClN3O2/c1-14(18(23)21-9-8-20)12-22-10-6-15(7-11-22)13-24-17-5-3-2-4-16(17)19/h2-5,8-9,15H,1,6-7,10-13,20H2,(H,21,23)/b9-8-. The van der Waals surface area contributed by atoms with E-state index >= 15 is 0 Å². The molecule has 1 aliphatic heterocycles. The van der Waals surface area contributed by atoms with Gasteiger partial charge in [-0.15, -0.1) is 0 Å². The summed E-state index contributed by atoms with van der Waals surface area (Å²) in [5, 5.41) is 3.21. The van der Waals surface area contributed by atoms with Gasteiger partial charge in [0.15, 0.2) is 0 Å². The van der Waals surface area contributed by atoms with Crippen molar-refractivity contribution in [3.63, 3.8) is 0 Å². The third-order valence-corrected chi connectivity index (χ3v) is 4.38.